The van der Waals surface area contributed by atoms with Gasteiger partial charge in [-0.05, 0) is 100 Å². The third-order valence-corrected chi connectivity index (χ3v) is 11.3. The lowest BCUT2D eigenvalue weighted by Crippen LogP contribution is -2.54. The van der Waals surface area contributed by atoms with E-state index in [-0.39, 0.29) is 38.4 Å². The lowest BCUT2D eigenvalue weighted by atomic mass is 9.91. The Morgan fingerprint density at radius 1 is 0.919 bits per heavy atom. The number of ether oxygens (including phenoxy) is 2. The Morgan fingerprint density at radius 3 is 2.32 bits per heavy atom. The van der Waals surface area contributed by atoms with Crippen molar-refractivity contribution in [2.24, 2.45) is 0 Å². The summed E-state index contributed by atoms with van der Waals surface area (Å²) in [6.07, 6.45) is 2.52. The molecule has 3 atom stereocenters. The lowest BCUT2D eigenvalue weighted by molar-refractivity contribution is -0.142. The van der Waals surface area contributed by atoms with E-state index < -0.39 is 30.1 Å². The average molecular weight is 864 g/mol. The first-order valence-corrected chi connectivity index (χ1v) is 20.3. The molecule has 14 heteroatoms. The van der Waals surface area contributed by atoms with Gasteiger partial charge in [0.15, 0.2) is 0 Å². The van der Waals surface area contributed by atoms with Crippen molar-refractivity contribution in [3.05, 3.63) is 171 Å². The van der Waals surface area contributed by atoms with Gasteiger partial charge in [-0.3, -0.25) is 14.5 Å². The fourth-order valence-corrected chi connectivity index (χ4v) is 7.60. The second-order valence-electron chi connectivity index (χ2n) is 14.7. The van der Waals surface area contributed by atoms with Crippen LogP contribution in [0.2, 0.25) is 10.0 Å². The number of carboxylic acids is 1. The van der Waals surface area contributed by atoms with Gasteiger partial charge in [-0.15, -0.1) is 0 Å². The van der Waals surface area contributed by atoms with Gasteiger partial charge in [0.1, 0.15) is 24.1 Å². The number of fused-ring (bicyclic) bond motifs is 2. The third kappa shape index (κ3) is 9.70. The second kappa shape index (κ2) is 18.6. The highest BCUT2D eigenvalue weighted by Gasteiger charge is 2.36. The van der Waals surface area contributed by atoms with Crippen molar-refractivity contribution in [1.29, 1.82) is 5.26 Å². The minimum Gasteiger partial charge on any atom is -0.489 e. The van der Waals surface area contributed by atoms with E-state index in [0.717, 1.165) is 33.4 Å². The number of carboxylic acid groups (broad SMARTS) is 1. The van der Waals surface area contributed by atoms with Crippen LogP contribution in [0.3, 0.4) is 0 Å². The summed E-state index contributed by atoms with van der Waals surface area (Å²) in [6, 6.07) is 32.4. The van der Waals surface area contributed by atoms with Crippen molar-refractivity contribution >= 4 is 46.7 Å². The molecule has 0 saturated carbocycles. The van der Waals surface area contributed by atoms with E-state index in [1.165, 1.54) is 0 Å². The number of aliphatic carboxylic acids is 1. The molecule has 0 saturated heterocycles. The normalized spacial score (nSPS) is 15.9. The SMILES string of the molecule is N#Cc1ccc(-c2ccc(C[C@H](NC(=O)C3Cc4cc5c(cc4CN3CC#Cc3ncccn3)OC(c3ccc(OCc4ccc(Cl)c(Cl)c4)cc3)C(=O)N5)C(=O)O)cc2)cc1. The van der Waals surface area contributed by atoms with Crippen molar-refractivity contribution in [1.82, 2.24) is 20.2 Å². The lowest BCUT2D eigenvalue weighted by Gasteiger charge is -2.36. The zero-order valence-corrected chi connectivity index (χ0v) is 34.4. The summed E-state index contributed by atoms with van der Waals surface area (Å²) in [5.74, 6) is 5.41. The molecule has 0 spiro atoms. The third-order valence-electron chi connectivity index (χ3n) is 10.5. The van der Waals surface area contributed by atoms with Crippen LogP contribution in [0, 0.1) is 23.2 Å². The summed E-state index contributed by atoms with van der Waals surface area (Å²) in [4.78, 5) is 50.3. The van der Waals surface area contributed by atoms with Crippen LogP contribution in [0.5, 0.6) is 11.5 Å². The second-order valence-corrected chi connectivity index (χ2v) is 15.5. The molecule has 3 heterocycles. The molecule has 5 aromatic carbocycles. The molecule has 2 aliphatic heterocycles. The molecule has 308 valence electrons. The molecule has 2 unspecified atom stereocenters. The Morgan fingerprint density at radius 2 is 1.63 bits per heavy atom. The quantitative estimate of drug-likeness (QED) is 0.111. The molecule has 0 radical (unpaired) electrons. The largest absolute Gasteiger partial charge is 0.489 e. The van der Waals surface area contributed by atoms with Crippen LogP contribution < -0.4 is 20.1 Å². The molecule has 0 aliphatic carbocycles. The fourth-order valence-electron chi connectivity index (χ4n) is 7.28. The standard InChI is InChI=1S/C48H36Cl2N6O6/c49-38-17-8-31(21-39(38)50)28-61-37-15-13-34(14-16-37)45-47(58)54-40-23-35-24-42(56(27-36(35)25-43(40)62-45)20-1-3-44-52-18-2-19-53-44)46(57)55-41(48(59)60)22-29-4-9-32(10-5-29)33-11-6-30(26-51)7-12-33/h2,4-19,21,23,25,41-42,45H,20,22,24,27-28H2,(H,54,58)(H,55,57)(H,59,60)/t41-,42?,45?/m0/s1. The molecule has 12 nitrogen and oxygen atoms in total. The number of carbonyl (C=O) groups excluding carboxylic acids is 2. The van der Waals surface area contributed by atoms with Gasteiger partial charge < -0.3 is 25.2 Å². The molecule has 0 fully saturated rings. The maximum Gasteiger partial charge on any atom is 0.326 e. The van der Waals surface area contributed by atoms with E-state index in [1.54, 1.807) is 67.0 Å². The predicted octanol–water partition coefficient (Wildman–Crippen LogP) is 7.56. The molecule has 6 aromatic rings. The van der Waals surface area contributed by atoms with Crippen LogP contribution in [0.4, 0.5) is 5.69 Å². The number of benzene rings is 5. The summed E-state index contributed by atoms with van der Waals surface area (Å²) in [5.41, 5.74) is 6.71. The van der Waals surface area contributed by atoms with Crippen molar-refractivity contribution in [3.63, 3.8) is 0 Å². The topological polar surface area (TPSA) is 167 Å². The van der Waals surface area contributed by atoms with Gasteiger partial charge in [0, 0.05) is 30.9 Å². The Bertz CT molecular complexity index is 2750. The number of hydrogen-bond acceptors (Lipinski definition) is 9. The van der Waals surface area contributed by atoms with E-state index in [9.17, 15) is 19.5 Å². The summed E-state index contributed by atoms with van der Waals surface area (Å²) >= 11 is 12.2. The van der Waals surface area contributed by atoms with Gasteiger partial charge in [-0.2, -0.15) is 5.26 Å². The van der Waals surface area contributed by atoms with Gasteiger partial charge in [0.25, 0.3) is 5.91 Å². The summed E-state index contributed by atoms with van der Waals surface area (Å²) in [7, 11) is 0. The van der Waals surface area contributed by atoms with Gasteiger partial charge in [0.2, 0.25) is 17.8 Å². The molecule has 0 bridgehead atoms. The molecular weight excluding hydrogens is 827 g/mol. The van der Waals surface area contributed by atoms with Crippen molar-refractivity contribution in [2.45, 2.75) is 44.2 Å². The number of aromatic nitrogens is 2. The van der Waals surface area contributed by atoms with E-state index >= 15 is 0 Å². The van der Waals surface area contributed by atoms with Gasteiger partial charge in [0.05, 0.1) is 40.0 Å². The minimum atomic E-state index is -1.22. The maximum atomic E-state index is 14.1. The van der Waals surface area contributed by atoms with E-state index in [1.807, 2.05) is 59.5 Å². The molecule has 2 aliphatic rings. The number of halogens is 2. The average Bonchev–Trinajstić information content (AvgIpc) is 3.29. The number of carbonyl (C=O) groups is 3. The predicted molar refractivity (Wildman–Crippen MR) is 232 cm³/mol. The number of anilines is 1. The maximum absolute atomic E-state index is 14.1. The van der Waals surface area contributed by atoms with Crippen LogP contribution >= 0.6 is 23.2 Å². The van der Waals surface area contributed by atoms with Crippen LogP contribution in [0.15, 0.2) is 122 Å². The zero-order chi connectivity index (χ0) is 43.2. The van der Waals surface area contributed by atoms with Crippen LogP contribution in [0.25, 0.3) is 11.1 Å². The Balaban J connectivity index is 0.980. The monoisotopic (exact) mass is 862 g/mol. The van der Waals surface area contributed by atoms with Gasteiger partial charge in [-0.25, -0.2) is 14.8 Å². The fraction of sp³-hybridized carbons (Fsp3) is 0.167. The highest BCUT2D eigenvalue weighted by atomic mass is 35.5. The number of nitrogens with one attached hydrogen (secondary N) is 2. The summed E-state index contributed by atoms with van der Waals surface area (Å²) in [5, 5.41) is 26.0. The first-order valence-electron chi connectivity index (χ1n) is 19.5. The number of rotatable bonds is 11. The first kappa shape index (κ1) is 41.5. The summed E-state index contributed by atoms with van der Waals surface area (Å²) < 4.78 is 12.2. The highest BCUT2D eigenvalue weighted by Crippen LogP contribution is 2.40. The van der Waals surface area contributed by atoms with Crippen LogP contribution in [0.1, 0.15) is 45.3 Å². The van der Waals surface area contributed by atoms with Crippen molar-refractivity contribution in [3.8, 4) is 40.5 Å². The van der Waals surface area contributed by atoms with E-state index in [2.05, 4.69) is 38.5 Å². The molecular formula is C48H36Cl2N6O6. The number of nitrogens with zero attached hydrogens (tertiary/aromatic N) is 4. The Labute approximate surface area is 367 Å². The number of amides is 2. The van der Waals surface area contributed by atoms with E-state index in [0.29, 0.717) is 44.2 Å². The minimum absolute atomic E-state index is 0.0513. The van der Waals surface area contributed by atoms with Crippen molar-refractivity contribution < 1.29 is 29.0 Å². The molecule has 3 N–H and O–H groups in total. The molecule has 2 amide bonds. The Hall–Kier alpha value is -7.22. The van der Waals surface area contributed by atoms with Crippen LogP contribution in [-0.4, -0.2) is 56.4 Å². The molecule has 8 rings (SSSR count). The van der Waals surface area contributed by atoms with Crippen LogP contribution in [-0.2, 0) is 40.4 Å². The first-order chi connectivity index (χ1) is 30.1. The van der Waals surface area contributed by atoms with Gasteiger partial charge in [-0.1, -0.05) is 83.7 Å². The molecule has 1 aromatic heterocycles. The number of nitriles is 1. The highest BCUT2D eigenvalue weighted by molar-refractivity contribution is 6.42. The van der Waals surface area contributed by atoms with Gasteiger partial charge >= 0.3 is 5.97 Å². The molecule has 62 heavy (non-hydrogen) atoms. The zero-order valence-electron chi connectivity index (χ0n) is 32.8. The Kier molecular flexibility index (Phi) is 12.4. The number of hydrogen-bond donors (Lipinski definition) is 3. The van der Waals surface area contributed by atoms with E-state index in [4.69, 9.17) is 37.9 Å². The summed E-state index contributed by atoms with van der Waals surface area (Å²) in [6.45, 7) is 0.714. The smallest absolute Gasteiger partial charge is 0.326 e. The van der Waals surface area contributed by atoms with Crippen molar-refractivity contribution in [2.75, 3.05) is 11.9 Å².